The third-order valence-corrected chi connectivity index (χ3v) is 3.80. The molecule has 1 fully saturated rings. The molecule has 0 radical (unpaired) electrons. The highest BCUT2D eigenvalue weighted by atomic mass is 16.5. The van der Waals surface area contributed by atoms with E-state index in [1.807, 2.05) is 6.07 Å². The van der Waals surface area contributed by atoms with Gasteiger partial charge in [0.2, 0.25) is 0 Å². The summed E-state index contributed by atoms with van der Waals surface area (Å²) >= 11 is 0. The van der Waals surface area contributed by atoms with E-state index in [1.165, 1.54) is 26.2 Å². The molecule has 1 heterocycles. The number of benzene rings is 1. The van der Waals surface area contributed by atoms with Crippen LogP contribution in [-0.2, 0) is 14.3 Å². The maximum atomic E-state index is 12.4. The monoisotopic (exact) mass is 360 g/mol. The highest BCUT2D eigenvalue weighted by molar-refractivity contribution is 6.01. The van der Waals surface area contributed by atoms with E-state index in [2.05, 4.69) is 0 Å². The first-order chi connectivity index (χ1) is 12.5. The van der Waals surface area contributed by atoms with Crippen molar-refractivity contribution >= 4 is 18.0 Å². The number of nitriles is 1. The summed E-state index contributed by atoms with van der Waals surface area (Å²) < 4.78 is 15.7. The number of ether oxygens (including phenoxy) is 3. The molecule has 138 valence electrons. The van der Waals surface area contributed by atoms with Crippen molar-refractivity contribution in [3.05, 3.63) is 29.3 Å². The van der Waals surface area contributed by atoms with E-state index in [4.69, 9.17) is 19.3 Å². The predicted octanol–water partition coefficient (Wildman–Crippen LogP) is 1.31. The van der Waals surface area contributed by atoms with Gasteiger partial charge in [-0.25, -0.2) is 4.79 Å². The molecule has 8 nitrogen and oxygen atoms in total. The van der Waals surface area contributed by atoms with Crippen LogP contribution < -0.4 is 9.47 Å². The zero-order valence-electron chi connectivity index (χ0n) is 14.6. The van der Waals surface area contributed by atoms with E-state index in [-0.39, 0.29) is 17.2 Å². The third-order valence-electron chi connectivity index (χ3n) is 3.80. The normalized spacial score (nSPS) is 15.7. The summed E-state index contributed by atoms with van der Waals surface area (Å²) in [4.78, 5) is 24.9. The van der Waals surface area contributed by atoms with Gasteiger partial charge in [0.25, 0.3) is 5.91 Å². The first kappa shape index (κ1) is 19.3. The van der Waals surface area contributed by atoms with Crippen molar-refractivity contribution in [2.75, 3.05) is 33.4 Å². The van der Waals surface area contributed by atoms with E-state index in [9.17, 15) is 14.9 Å². The molecule has 26 heavy (non-hydrogen) atoms. The van der Waals surface area contributed by atoms with Crippen molar-refractivity contribution in [2.24, 2.45) is 0 Å². The molecule has 0 bridgehead atoms. The lowest BCUT2D eigenvalue weighted by atomic mass is 10.1. The second-order valence-electron chi connectivity index (χ2n) is 5.58. The Labute approximate surface area is 151 Å². The van der Waals surface area contributed by atoms with Crippen molar-refractivity contribution in [3.63, 3.8) is 0 Å². The van der Waals surface area contributed by atoms with Crippen LogP contribution in [0.5, 0.6) is 11.5 Å². The van der Waals surface area contributed by atoms with E-state index < -0.39 is 12.1 Å². The first-order valence-corrected chi connectivity index (χ1v) is 8.02. The number of aliphatic carboxylic acids is 1. The fourth-order valence-electron chi connectivity index (χ4n) is 2.36. The number of nitrogens with zero attached hydrogens (tertiary/aromatic N) is 2. The minimum Gasteiger partial charge on any atom is -0.493 e. The number of carbonyl (C=O) groups excluding carboxylic acids is 1. The molecule has 0 saturated carbocycles. The number of methoxy groups -OCH3 is 1. The van der Waals surface area contributed by atoms with Gasteiger partial charge >= 0.3 is 5.97 Å². The summed E-state index contributed by atoms with van der Waals surface area (Å²) in [5.74, 6) is -0.881. The number of morpholine rings is 1. The Balaban J connectivity index is 2.23. The van der Waals surface area contributed by atoms with Crippen LogP contribution in [0.15, 0.2) is 23.8 Å². The molecule has 1 amide bonds. The Morgan fingerprint density at radius 1 is 1.35 bits per heavy atom. The van der Waals surface area contributed by atoms with Crippen molar-refractivity contribution in [3.8, 4) is 17.6 Å². The lowest BCUT2D eigenvalue weighted by molar-refractivity contribution is -0.144. The zero-order chi connectivity index (χ0) is 19.1. The van der Waals surface area contributed by atoms with Gasteiger partial charge in [0.1, 0.15) is 11.6 Å². The molecular formula is C18H20N2O6. The molecule has 1 aromatic carbocycles. The van der Waals surface area contributed by atoms with Crippen LogP contribution in [0.3, 0.4) is 0 Å². The Bertz CT molecular complexity index is 747. The smallest absolute Gasteiger partial charge is 0.344 e. The van der Waals surface area contributed by atoms with Gasteiger partial charge in [-0.1, -0.05) is 6.07 Å². The van der Waals surface area contributed by atoms with Crippen LogP contribution in [0.2, 0.25) is 0 Å². The Hall–Kier alpha value is -3.05. The zero-order valence-corrected chi connectivity index (χ0v) is 14.6. The molecule has 1 aromatic rings. The summed E-state index contributed by atoms with van der Waals surface area (Å²) in [6, 6.07) is 6.66. The molecule has 1 atom stereocenters. The third kappa shape index (κ3) is 4.74. The molecule has 1 saturated heterocycles. The second-order valence-corrected chi connectivity index (χ2v) is 5.58. The Kier molecular flexibility index (Phi) is 6.58. The standard InChI is InChI=1S/C18H20N2O6/c1-12(18(22)23)26-15-4-3-13(10-16(15)24-2)9-14(11-19)17(21)20-5-7-25-8-6-20/h3-4,9-10,12H,5-8H2,1-2H3,(H,22,23)/b14-9-/t12-/m1/s1. The van der Waals surface area contributed by atoms with Gasteiger partial charge < -0.3 is 24.2 Å². The average molecular weight is 360 g/mol. The van der Waals surface area contributed by atoms with Crippen LogP contribution >= 0.6 is 0 Å². The number of hydrogen-bond acceptors (Lipinski definition) is 6. The summed E-state index contributed by atoms with van der Waals surface area (Å²) in [7, 11) is 1.42. The summed E-state index contributed by atoms with van der Waals surface area (Å²) in [5.41, 5.74) is 0.567. The molecule has 1 aliphatic heterocycles. The summed E-state index contributed by atoms with van der Waals surface area (Å²) in [6.45, 7) is 3.20. The number of carboxylic acids is 1. The van der Waals surface area contributed by atoms with Gasteiger partial charge in [0.05, 0.1) is 20.3 Å². The van der Waals surface area contributed by atoms with Crippen molar-refractivity contribution in [1.29, 1.82) is 5.26 Å². The number of hydrogen-bond donors (Lipinski definition) is 1. The first-order valence-electron chi connectivity index (χ1n) is 8.02. The lowest BCUT2D eigenvalue weighted by Crippen LogP contribution is -2.41. The summed E-state index contributed by atoms with van der Waals surface area (Å²) in [5, 5.41) is 18.3. The second kappa shape index (κ2) is 8.87. The van der Waals surface area contributed by atoms with Crippen LogP contribution in [0.1, 0.15) is 12.5 Å². The maximum absolute atomic E-state index is 12.4. The molecule has 8 heteroatoms. The summed E-state index contributed by atoms with van der Waals surface area (Å²) in [6.07, 6.45) is 0.424. The lowest BCUT2D eigenvalue weighted by Gasteiger charge is -2.26. The molecule has 0 unspecified atom stereocenters. The molecule has 0 aliphatic carbocycles. The van der Waals surface area contributed by atoms with Gasteiger partial charge in [-0.15, -0.1) is 0 Å². The number of rotatable bonds is 6. The Morgan fingerprint density at radius 2 is 2.04 bits per heavy atom. The minimum absolute atomic E-state index is 0.00141. The van der Waals surface area contributed by atoms with Crippen LogP contribution in [0.25, 0.3) is 6.08 Å². The average Bonchev–Trinajstić information content (AvgIpc) is 2.67. The molecule has 1 N–H and O–H groups in total. The highest BCUT2D eigenvalue weighted by Gasteiger charge is 2.21. The minimum atomic E-state index is -1.10. The van der Waals surface area contributed by atoms with Gasteiger partial charge in [-0.3, -0.25) is 4.79 Å². The fourth-order valence-corrected chi connectivity index (χ4v) is 2.36. The molecule has 0 aromatic heterocycles. The highest BCUT2D eigenvalue weighted by Crippen LogP contribution is 2.30. The van der Waals surface area contributed by atoms with E-state index in [1.54, 1.807) is 17.0 Å². The molecule has 2 rings (SSSR count). The maximum Gasteiger partial charge on any atom is 0.344 e. The molecular weight excluding hydrogens is 340 g/mol. The van der Waals surface area contributed by atoms with Crippen LogP contribution in [0.4, 0.5) is 0 Å². The molecule has 1 aliphatic rings. The van der Waals surface area contributed by atoms with Gasteiger partial charge in [0, 0.05) is 13.1 Å². The predicted molar refractivity (Wildman–Crippen MR) is 91.7 cm³/mol. The van der Waals surface area contributed by atoms with Crippen molar-refractivity contribution < 1.29 is 28.9 Å². The quantitative estimate of drug-likeness (QED) is 0.602. The largest absolute Gasteiger partial charge is 0.493 e. The van der Waals surface area contributed by atoms with E-state index in [0.29, 0.717) is 37.6 Å². The number of carbonyl (C=O) groups is 2. The van der Waals surface area contributed by atoms with Crippen molar-refractivity contribution in [2.45, 2.75) is 13.0 Å². The SMILES string of the molecule is COc1cc(/C=C(/C#N)C(=O)N2CCOCC2)ccc1O[C@H](C)C(=O)O. The van der Waals surface area contributed by atoms with Crippen LogP contribution in [-0.4, -0.2) is 61.4 Å². The topological polar surface area (TPSA) is 109 Å². The fraction of sp³-hybridized carbons (Fsp3) is 0.389. The van der Waals surface area contributed by atoms with Gasteiger partial charge in [-0.2, -0.15) is 5.26 Å². The van der Waals surface area contributed by atoms with Crippen LogP contribution in [0, 0.1) is 11.3 Å². The number of carboxylic acid groups (broad SMARTS) is 1. The van der Waals surface area contributed by atoms with E-state index >= 15 is 0 Å². The van der Waals surface area contributed by atoms with E-state index in [0.717, 1.165) is 0 Å². The van der Waals surface area contributed by atoms with Crippen molar-refractivity contribution in [1.82, 2.24) is 4.90 Å². The Morgan fingerprint density at radius 3 is 2.62 bits per heavy atom. The van der Waals surface area contributed by atoms with Gasteiger partial charge in [-0.05, 0) is 30.7 Å². The van der Waals surface area contributed by atoms with Gasteiger partial charge in [0.15, 0.2) is 17.6 Å². The molecule has 0 spiro atoms. The number of amides is 1.